The number of nitrogens with two attached hydrogens (primary N) is 1. The van der Waals surface area contributed by atoms with E-state index >= 15 is 0 Å². The highest BCUT2D eigenvalue weighted by Gasteiger charge is 2.26. The highest BCUT2D eigenvalue weighted by molar-refractivity contribution is 5.46. The van der Waals surface area contributed by atoms with Crippen molar-refractivity contribution in [1.29, 1.82) is 0 Å². The summed E-state index contributed by atoms with van der Waals surface area (Å²) in [7, 11) is 4.33. The zero-order chi connectivity index (χ0) is 14.7. The van der Waals surface area contributed by atoms with Crippen molar-refractivity contribution in [3.63, 3.8) is 0 Å². The third-order valence-electron chi connectivity index (χ3n) is 4.55. The first-order chi connectivity index (χ1) is 8.84. The second-order valence-corrected chi connectivity index (χ2v) is 5.99. The van der Waals surface area contributed by atoms with Gasteiger partial charge in [0.15, 0.2) is 0 Å². The second-order valence-electron chi connectivity index (χ2n) is 5.99. The van der Waals surface area contributed by atoms with E-state index in [1.54, 1.807) is 0 Å². The van der Waals surface area contributed by atoms with Gasteiger partial charge in [-0.2, -0.15) is 0 Å². The smallest absolute Gasteiger partial charge is 0.0387 e. The van der Waals surface area contributed by atoms with Crippen LogP contribution in [0.5, 0.6) is 0 Å². The van der Waals surface area contributed by atoms with Gasteiger partial charge in [-0.05, 0) is 82.1 Å². The Hall–Kier alpha value is -0.860. The number of hydrogen-bond acceptors (Lipinski definition) is 2. The highest BCUT2D eigenvalue weighted by Crippen LogP contribution is 2.35. The van der Waals surface area contributed by atoms with Crippen LogP contribution in [0.3, 0.4) is 0 Å². The molecule has 0 aliphatic heterocycles. The Morgan fingerprint density at radius 1 is 1.05 bits per heavy atom. The van der Waals surface area contributed by atoms with Gasteiger partial charge in [-0.25, -0.2) is 0 Å². The lowest BCUT2D eigenvalue weighted by Gasteiger charge is -2.35. The molecule has 1 aromatic rings. The van der Waals surface area contributed by atoms with Gasteiger partial charge in [0.1, 0.15) is 0 Å². The maximum absolute atomic E-state index is 6.01. The first-order valence-electron chi connectivity index (χ1n) is 7.28. The molecule has 0 spiro atoms. The standard InChI is InChI=1S/C17H30N2/c1-8-15(10-18)17(19(6)7)16-13(4)11(2)9-12(3)14(16)5/h9,15,17H,8,10,18H2,1-7H3. The minimum absolute atomic E-state index is 0.411. The molecule has 2 N–H and O–H groups in total. The first-order valence-corrected chi connectivity index (χ1v) is 7.28. The third-order valence-corrected chi connectivity index (χ3v) is 4.55. The average molecular weight is 262 g/mol. The number of benzene rings is 1. The minimum atomic E-state index is 0.411. The van der Waals surface area contributed by atoms with Crippen LogP contribution in [0.1, 0.15) is 47.2 Å². The lowest BCUT2D eigenvalue weighted by Crippen LogP contribution is -2.33. The van der Waals surface area contributed by atoms with Crippen molar-refractivity contribution in [3.8, 4) is 0 Å². The van der Waals surface area contributed by atoms with Gasteiger partial charge in [0.05, 0.1) is 0 Å². The van der Waals surface area contributed by atoms with Crippen molar-refractivity contribution in [2.75, 3.05) is 20.6 Å². The Labute approximate surface area is 119 Å². The Morgan fingerprint density at radius 3 is 1.84 bits per heavy atom. The molecule has 0 radical (unpaired) electrons. The van der Waals surface area contributed by atoms with Crippen LogP contribution in [0.2, 0.25) is 0 Å². The Bertz CT molecular complexity index is 405. The molecule has 0 heterocycles. The second kappa shape index (κ2) is 6.53. The van der Waals surface area contributed by atoms with Gasteiger partial charge in [0.2, 0.25) is 0 Å². The van der Waals surface area contributed by atoms with Crippen LogP contribution in [0.25, 0.3) is 0 Å². The summed E-state index contributed by atoms with van der Waals surface area (Å²) in [4.78, 5) is 2.33. The summed E-state index contributed by atoms with van der Waals surface area (Å²) >= 11 is 0. The molecule has 2 nitrogen and oxygen atoms in total. The van der Waals surface area contributed by atoms with E-state index in [1.807, 2.05) is 0 Å². The van der Waals surface area contributed by atoms with Gasteiger partial charge < -0.3 is 10.6 Å². The molecule has 0 amide bonds. The highest BCUT2D eigenvalue weighted by atomic mass is 15.1. The maximum Gasteiger partial charge on any atom is 0.0387 e. The molecule has 1 rings (SSSR count). The van der Waals surface area contributed by atoms with Gasteiger partial charge in [-0.15, -0.1) is 0 Å². The van der Waals surface area contributed by atoms with E-state index in [1.165, 1.54) is 27.8 Å². The van der Waals surface area contributed by atoms with Crippen molar-refractivity contribution in [3.05, 3.63) is 33.9 Å². The van der Waals surface area contributed by atoms with E-state index in [0.29, 0.717) is 12.0 Å². The van der Waals surface area contributed by atoms with Crippen molar-refractivity contribution in [1.82, 2.24) is 4.90 Å². The van der Waals surface area contributed by atoms with Gasteiger partial charge >= 0.3 is 0 Å². The van der Waals surface area contributed by atoms with Gasteiger partial charge in [-0.3, -0.25) is 0 Å². The summed E-state index contributed by atoms with van der Waals surface area (Å²) in [5.74, 6) is 0.508. The zero-order valence-electron chi connectivity index (χ0n) is 13.7. The zero-order valence-corrected chi connectivity index (χ0v) is 13.7. The van der Waals surface area contributed by atoms with Crippen LogP contribution >= 0.6 is 0 Å². The molecular formula is C17H30N2. The summed E-state index contributed by atoms with van der Waals surface area (Å²) in [5.41, 5.74) is 13.1. The largest absolute Gasteiger partial charge is 0.330 e. The van der Waals surface area contributed by atoms with Crippen molar-refractivity contribution in [2.45, 2.75) is 47.1 Å². The molecule has 1 aromatic carbocycles. The molecule has 0 saturated heterocycles. The number of aryl methyl sites for hydroxylation is 2. The number of nitrogens with zero attached hydrogens (tertiary/aromatic N) is 1. The molecule has 0 bridgehead atoms. The third kappa shape index (κ3) is 3.18. The summed E-state index contributed by atoms with van der Waals surface area (Å²) in [6.45, 7) is 11.9. The SMILES string of the molecule is CCC(CN)C(c1c(C)c(C)cc(C)c1C)N(C)C. The molecule has 0 saturated carbocycles. The van der Waals surface area contributed by atoms with Crippen LogP contribution in [0.4, 0.5) is 0 Å². The quantitative estimate of drug-likeness (QED) is 0.880. The van der Waals surface area contributed by atoms with Gasteiger partial charge in [0, 0.05) is 6.04 Å². The number of rotatable bonds is 5. The molecule has 0 aliphatic rings. The lowest BCUT2D eigenvalue weighted by atomic mass is 9.82. The summed E-state index contributed by atoms with van der Waals surface area (Å²) < 4.78 is 0. The van der Waals surface area contributed by atoms with E-state index in [4.69, 9.17) is 5.73 Å². The van der Waals surface area contributed by atoms with Crippen LogP contribution in [0, 0.1) is 33.6 Å². The fraction of sp³-hybridized carbons (Fsp3) is 0.647. The molecule has 2 atom stereocenters. The fourth-order valence-corrected chi connectivity index (χ4v) is 3.13. The summed E-state index contributed by atoms with van der Waals surface area (Å²) in [6, 6.07) is 2.71. The lowest BCUT2D eigenvalue weighted by molar-refractivity contribution is 0.209. The van der Waals surface area contributed by atoms with E-state index in [0.717, 1.165) is 13.0 Å². The number of hydrogen-bond donors (Lipinski definition) is 1. The van der Waals surface area contributed by atoms with E-state index in [2.05, 4.69) is 59.7 Å². The Morgan fingerprint density at radius 2 is 1.53 bits per heavy atom. The molecule has 2 unspecified atom stereocenters. The van der Waals surface area contributed by atoms with E-state index < -0.39 is 0 Å². The molecule has 0 fully saturated rings. The molecule has 19 heavy (non-hydrogen) atoms. The molecule has 0 aliphatic carbocycles. The van der Waals surface area contributed by atoms with Gasteiger partial charge in [0.25, 0.3) is 0 Å². The average Bonchev–Trinajstić information content (AvgIpc) is 2.35. The van der Waals surface area contributed by atoms with E-state index in [-0.39, 0.29) is 0 Å². The predicted molar refractivity (Wildman–Crippen MR) is 84.7 cm³/mol. The van der Waals surface area contributed by atoms with Gasteiger partial charge in [-0.1, -0.05) is 19.4 Å². The fourth-order valence-electron chi connectivity index (χ4n) is 3.13. The minimum Gasteiger partial charge on any atom is -0.330 e. The maximum atomic E-state index is 6.01. The Balaban J connectivity index is 3.46. The van der Waals surface area contributed by atoms with Crippen molar-refractivity contribution >= 4 is 0 Å². The first kappa shape index (κ1) is 16.2. The van der Waals surface area contributed by atoms with E-state index in [9.17, 15) is 0 Å². The predicted octanol–water partition coefficient (Wildman–Crippen LogP) is 3.51. The van der Waals surface area contributed by atoms with Crippen LogP contribution in [-0.2, 0) is 0 Å². The van der Waals surface area contributed by atoms with Crippen molar-refractivity contribution in [2.24, 2.45) is 11.7 Å². The summed E-state index contributed by atoms with van der Waals surface area (Å²) in [6.07, 6.45) is 1.12. The van der Waals surface area contributed by atoms with Crippen LogP contribution in [-0.4, -0.2) is 25.5 Å². The Kier molecular flexibility index (Phi) is 5.57. The molecular weight excluding hydrogens is 232 g/mol. The van der Waals surface area contributed by atoms with Crippen LogP contribution < -0.4 is 5.73 Å². The molecule has 108 valence electrons. The normalized spacial score (nSPS) is 14.8. The van der Waals surface area contributed by atoms with Crippen LogP contribution in [0.15, 0.2) is 6.07 Å². The topological polar surface area (TPSA) is 29.3 Å². The monoisotopic (exact) mass is 262 g/mol. The molecule has 0 aromatic heterocycles. The van der Waals surface area contributed by atoms with Crippen molar-refractivity contribution < 1.29 is 0 Å². The summed E-state index contributed by atoms with van der Waals surface area (Å²) in [5, 5.41) is 0. The molecule has 2 heteroatoms.